The first-order valence-electron chi connectivity index (χ1n) is 6.02. The van der Waals surface area contributed by atoms with E-state index in [0.717, 1.165) is 12.1 Å². The number of halogens is 4. The van der Waals surface area contributed by atoms with Gasteiger partial charge in [0, 0.05) is 11.4 Å². The van der Waals surface area contributed by atoms with E-state index in [1.807, 2.05) is 4.72 Å². The Morgan fingerprint density at radius 1 is 1.29 bits per heavy atom. The predicted molar refractivity (Wildman–Crippen MR) is 71.6 cm³/mol. The Morgan fingerprint density at radius 3 is 2.48 bits per heavy atom. The molecule has 1 fully saturated rings. The molecule has 1 atom stereocenters. The van der Waals surface area contributed by atoms with Gasteiger partial charge in [-0.2, -0.15) is 13.2 Å². The lowest BCUT2D eigenvalue weighted by atomic mass is 10.2. The van der Waals surface area contributed by atoms with E-state index in [-0.39, 0.29) is 17.9 Å². The molecule has 1 aliphatic rings. The molecule has 1 saturated carbocycles. The highest BCUT2D eigenvalue weighted by atomic mass is 35.5. The monoisotopic (exact) mass is 341 g/mol. The summed E-state index contributed by atoms with van der Waals surface area (Å²) < 4.78 is 64.6. The normalized spacial score (nSPS) is 19.8. The van der Waals surface area contributed by atoms with E-state index in [1.165, 1.54) is 0 Å². The molecule has 0 saturated heterocycles. The third-order valence-electron chi connectivity index (χ3n) is 3.16. The van der Waals surface area contributed by atoms with Crippen molar-refractivity contribution >= 4 is 33.1 Å². The van der Waals surface area contributed by atoms with Gasteiger partial charge in [-0.15, -0.1) is 0 Å². The third kappa shape index (κ3) is 3.49. The summed E-state index contributed by atoms with van der Waals surface area (Å²) in [6.45, 7) is 0. The van der Waals surface area contributed by atoms with Crippen LogP contribution < -0.4 is 4.72 Å². The Hall–Kier alpha value is -1.28. The van der Waals surface area contributed by atoms with Crippen LogP contribution in [0.3, 0.4) is 0 Å². The van der Waals surface area contributed by atoms with Gasteiger partial charge in [0.05, 0.1) is 11.3 Å². The zero-order valence-corrected chi connectivity index (χ0v) is 12.1. The Balaban J connectivity index is 2.38. The van der Waals surface area contributed by atoms with Gasteiger partial charge in [-0.3, -0.25) is 9.52 Å². The smallest absolute Gasteiger partial charge is 0.298 e. The topological polar surface area (TPSA) is 63.2 Å². The second kappa shape index (κ2) is 5.49. The molecule has 116 valence electrons. The van der Waals surface area contributed by atoms with E-state index < -0.39 is 38.5 Å². The summed E-state index contributed by atoms with van der Waals surface area (Å²) in [7, 11) is -4.20. The first-order valence-corrected chi connectivity index (χ1v) is 7.95. The number of sulfonamides is 1. The first kappa shape index (κ1) is 16.1. The van der Waals surface area contributed by atoms with Crippen molar-refractivity contribution in [3.63, 3.8) is 0 Å². The fraction of sp³-hybridized carbons (Fsp3) is 0.417. The molecule has 1 N–H and O–H groups in total. The van der Waals surface area contributed by atoms with Crippen LogP contribution >= 0.6 is 11.6 Å². The Labute approximate surface area is 124 Å². The summed E-state index contributed by atoms with van der Waals surface area (Å²) in [5.41, 5.74) is -1.82. The number of hydrogen-bond donors (Lipinski definition) is 1. The fourth-order valence-electron chi connectivity index (χ4n) is 2.18. The Kier molecular flexibility index (Phi) is 4.21. The van der Waals surface area contributed by atoms with Crippen molar-refractivity contribution in [2.45, 2.75) is 30.7 Å². The molecule has 0 heterocycles. The molecule has 9 heteroatoms. The summed E-state index contributed by atoms with van der Waals surface area (Å²) in [5, 5.41) is -1.46. The summed E-state index contributed by atoms with van der Waals surface area (Å²) in [4.78, 5) is 11.5. The van der Waals surface area contributed by atoms with Gasteiger partial charge in [-0.1, -0.05) is 11.6 Å². The molecule has 0 aliphatic heterocycles. The van der Waals surface area contributed by atoms with Gasteiger partial charge in [0.2, 0.25) is 10.0 Å². The van der Waals surface area contributed by atoms with Crippen molar-refractivity contribution in [3.8, 4) is 0 Å². The molecule has 1 aromatic rings. The van der Waals surface area contributed by atoms with Crippen molar-refractivity contribution in [1.29, 1.82) is 0 Å². The van der Waals surface area contributed by atoms with Gasteiger partial charge in [-0.05, 0) is 31.0 Å². The van der Waals surface area contributed by atoms with Crippen LogP contribution in [0.2, 0.25) is 5.02 Å². The van der Waals surface area contributed by atoms with Crippen molar-refractivity contribution in [2.24, 2.45) is 0 Å². The predicted octanol–water partition coefficient (Wildman–Crippen LogP) is 3.22. The van der Waals surface area contributed by atoms with Crippen LogP contribution in [0.1, 0.15) is 24.8 Å². The van der Waals surface area contributed by atoms with E-state index in [0.29, 0.717) is 12.5 Å². The zero-order valence-electron chi connectivity index (χ0n) is 10.6. The summed E-state index contributed by atoms with van der Waals surface area (Å²) in [6, 6.07) is 2.71. The van der Waals surface area contributed by atoms with Gasteiger partial charge in [0.25, 0.3) is 0 Å². The van der Waals surface area contributed by atoms with Crippen molar-refractivity contribution in [2.75, 3.05) is 4.72 Å². The minimum atomic E-state index is -4.76. The van der Waals surface area contributed by atoms with Crippen LogP contribution in [0.25, 0.3) is 0 Å². The quantitative estimate of drug-likeness (QED) is 0.918. The molecule has 2 rings (SSSR count). The number of anilines is 1. The van der Waals surface area contributed by atoms with Crippen LogP contribution in [0.5, 0.6) is 0 Å². The molecule has 0 amide bonds. The van der Waals surface area contributed by atoms with Crippen LogP contribution in [0, 0.1) is 0 Å². The van der Waals surface area contributed by atoms with E-state index in [4.69, 9.17) is 11.6 Å². The summed E-state index contributed by atoms with van der Waals surface area (Å²) in [6.07, 6.45) is -4.11. The van der Waals surface area contributed by atoms with Gasteiger partial charge in [-0.25, -0.2) is 8.42 Å². The lowest BCUT2D eigenvalue weighted by Gasteiger charge is -2.17. The number of rotatable bonds is 3. The van der Waals surface area contributed by atoms with Gasteiger partial charge in [0.1, 0.15) is 5.25 Å². The number of ketones is 1. The van der Waals surface area contributed by atoms with E-state index >= 15 is 0 Å². The molecule has 21 heavy (non-hydrogen) atoms. The number of benzene rings is 1. The maximum absolute atomic E-state index is 12.9. The highest BCUT2D eigenvalue weighted by Gasteiger charge is 2.39. The third-order valence-corrected chi connectivity index (χ3v) is 5.15. The second-order valence-electron chi connectivity index (χ2n) is 4.68. The fourth-order valence-corrected chi connectivity index (χ4v) is 3.92. The van der Waals surface area contributed by atoms with E-state index in [9.17, 15) is 26.4 Å². The van der Waals surface area contributed by atoms with Crippen LogP contribution in [-0.4, -0.2) is 19.5 Å². The van der Waals surface area contributed by atoms with Crippen LogP contribution in [0.15, 0.2) is 18.2 Å². The standard InChI is InChI=1S/C12H11ClF3NO3S/c13-7-4-5-9(8(6-7)12(14,15)16)17-21(19,20)11-3-1-2-10(11)18/h4-6,11,17H,1-3H2. The van der Waals surface area contributed by atoms with E-state index in [1.54, 1.807) is 0 Å². The second-order valence-corrected chi connectivity index (χ2v) is 6.98. The largest absolute Gasteiger partial charge is 0.418 e. The van der Waals surface area contributed by atoms with Crippen LogP contribution in [-0.2, 0) is 21.0 Å². The summed E-state index contributed by atoms with van der Waals surface area (Å²) in [5.74, 6) is -0.481. The molecule has 0 bridgehead atoms. The van der Waals surface area contributed by atoms with Crippen LogP contribution in [0.4, 0.5) is 18.9 Å². The molecule has 1 aromatic carbocycles. The molecule has 4 nitrogen and oxygen atoms in total. The molecule has 0 spiro atoms. The van der Waals surface area contributed by atoms with E-state index in [2.05, 4.69) is 0 Å². The first-order chi connectivity index (χ1) is 9.61. The Morgan fingerprint density at radius 2 is 1.95 bits per heavy atom. The molecule has 0 radical (unpaired) electrons. The SMILES string of the molecule is O=C1CCCC1S(=O)(=O)Nc1ccc(Cl)cc1C(F)(F)F. The summed E-state index contributed by atoms with van der Waals surface area (Å²) >= 11 is 5.51. The minimum absolute atomic E-state index is 0.114. The Bertz CT molecular complexity index is 673. The average Bonchev–Trinajstić information content (AvgIpc) is 2.77. The lowest BCUT2D eigenvalue weighted by Crippen LogP contribution is -2.31. The number of nitrogens with one attached hydrogen (secondary N) is 1. The number of Topliss-reactive ketones (excluding diaryl/α,β-unsaturated/α-hetero) is 1. The number of carbonyl (C=O) groups excluding carboxylic acids is 1. The number of hydrogen-bond acceptors (Lipinski definition) is 3. The molecule has 1 unspecified atom stereocenters. The van der Waals surface area contributed by atoms with Crippen molar-refractivity contribution in [1.82, 2.24) is 0 Å². The molecular weight excluding hydrogens is 331 g/mol. The minimum Gasteiger partial charge on any atom is -0.298 e. The van der Waals surface area contributed by atoms with Crippen molar-refractivity contribution < 1.29 is 26.4 Å². The number of alkyl halides is 3. The molecular formula is C12H11ClF3NO3S. The maximum atomic E-state index is 12.9. The highest BCUT2D eigenvalue weighted by Crippen LogP contribution is 2.37. The molecule has 0 aromatic heterocycles. The van der Waals surface area contributed by atoms with Gasteiger partial charge in [0.15, 0.2) is 5.78 Å². The number of carbonyl (C=O) groups is 1. The zero-order chi connectivity index (χ0) is 15.8. The average molecular weight is 342 g/mol. The van der Waals surface area contributed by atoms with Crippen molar-refractivity contribution in [3.05, 3.63) is 28.8 Å². The van der Waals surface area contributed by atoms with Gasteiger partial charge < -0.3 is 0 Å². The molecule has 1 aliphatic carbocycles. The lowest BCUT2D eigenvalue weighted by molar-refractivity contribution is -0.136. The van der Waals surface area contributed by atoms with Gasteiger partial charge >= 0.3 is 6.18 Å². The highest BCUT2D eigenvalue weighted by molar-refractivity contribution is 7.94. The maximum Gasteiger partial charge on any atom is 0.418 e.